The Morgan fingerprint density at radius 3 is 2.39 bits per heavy atom. The molecule has 1 aliphatic rings. The zero-order valence-corrected chi connectivity index (χ0v) is 18.8. The Morgan fingerprint density at radius 2 is 1.77 bits per heavy atom. The minimum atomic E-state index is -3.73. The number of amides is 2. The third-order valence-electron chi connectivity index (χ3n) is 4.49. The number of anilines is 2. The van der Waals surface area contributed by atoms with Crippen molar-refractivity contribution in [1.82, 2.24) is 0 Å². The molecule has 0 fully saturated rings. The summed E-state index contributed by atoms with van der Waals surface area (Å²) in [7, 11) is 0.648. The standard InChI is InChI=1S/C20H22N2O7S2/c1-27-15-8-12(9-16(28-2)20(15)29-3)21-18(23)6-7-31(25,26)13-4-5-17-14(10-13)22-19(24)11-30-17/h4-5,8-10H,6-7,11H2,1-3H3,(H,21,23)(H,22,24). The summed E-state index contributed by atoms with van der Waals surface area (Å²) in [6.07, 6.45) is -0.253. The number of carbonyl (C=O) groups is 2. The SMILES string of the molecule is COc1cc(NC(=O)CCS(=O)(=O)c2ccc3c(c2)NC(=O)CS3)cc(OC)c1OC. The molecule has 2 aromatic carbocycles. The second-order valence-corrected chi connectivity index (χ2v) is 9.65. The molecule has 0 bridgehead atoms. The molecule has 0 unspecified atom stereocenters. The largest absolute Gasteiger partial charge is 0.493 e. The first-order chi connectivity index (χ1) is 14.8. The van der Waals surface area contributed by atoms with E-state index in [1.54, 1.807) is 18.2 Å². The highest BCUT2D eigenvalue weighted by molar-refractivity contribution is 8.00. The summed E-state index contributed by atoms with van der Waals surface area (Å²) in [5.74, 6) is 0.334. The Labute approximate surface area is 184 Å². The van der Waals surface area contributed by atoms with Gasteiger partial charge >= 0.3 is 0 Å². The normalized spacial score (nSPS) is 13.1. The van der Waals surface area contributed by atoms with Crippen LogP contribution in [0.1, 0.15) is 6.42 Å². The maximum Gasteiger partial charge on any atom is 0.234 e. The van der Waals surface area contributed by atoms with Crippen LogP contribution in [0.2, 0.25) is 0 Å². The first-order valence-corrected chi connectivity index (χ1v) is 11.8. The van der Waals surface area contributed by atoms with Gasteiger partial charge in [0.15, 0.2) is 21.3 Å². The fourth-order valence-electron chi connectivity index (χ4n) is 2.98. The van der Waals surface area contributed by atoms with Gasteiger partial charge in [-0.05, 0) is 18.2 Å². The average Bonchev–Trinajstić information content (AvgIpc) is 2.76. The molecule has 2 N–H and O–H groups in total. The minimum Gasteiger partial charge on any atom is -0.493 e. The number of fused-ring (bicyclic) bond motifs is 1. The van der Waals surface area contributed by atoms with E-state index in [0.717, 1.165) is 4.90 Å². The third kappa shape index (κ3) is 5.23. The summed E-state index contributed by atoms with van der Waals surface area (Å²) in [5.41, 5.74) is 0.842. The number of carbonyl (C=O) groups excluding carboxylic acids is 2. The summed E-state index contributed by atoms with van der Waals surface area (Å²) in [6, 6.07) is 7.67. The molecule has 166 valence electrons. The zero-order valence-electron chi connectivity index (χ0n) is 17.2. The van der Waals surface area contributed by atoms with E-state index in [4.69, 9.17) is 14.2 Å². The summed E-state index contributed by atoms with van der Waals surface area (Å²) in [6.45, 7) is 0. The number of hydrogen-bond donors (Lipinski definition) is 2. The van der Waals surface area contributed by atoms with Crippen LogP contribution in [0.5, 0.6) is 17.2 Å². The second-order valence-electron chi connectivity index (χ2n) is 6.53. The van der Waals surface area contributed by atoms with Crippen molar-refractivity contribution in [3.8, 4) is 17.2 Å². The van der Waals surface area contributed by atoms with Gasteiger partial charge in [0.05, 0.1) is 43.4 Å². The van der Waals surface area contributed by atoms with Crippen LogP contribution in [0.15, 0.2) is 40.1 Å². The van der Waals surface area contributed by atoms with E-state index in [2.05, 4.69) is 10.6 Å². The number of sulfone groups is 1. The molecule has 0 spiro atoms. The molecular formula is C20H22N2O7S2. The Kier molecular flexibility index (Phi) is 6.96. The van der Waals surface area contributed by atoms with Gasteiger partial charge in [-0.15, -0.1) is 11.8 Å². The van der Waals surface area contributed by atoms with E-state index < -0.39 is 15.7 Å². The summed E-state index contributed by atoms with van der Waals surface area (Å²) in [5, 5.41) is 5.31. The van der Waals surface area contributed by atoms with Crippen molar-refractivity contribution >= 4 is 44.8 Å². The van der Waals surface area contributed by atoms with Gasteiger partial charge in [-0.2, -0.15) is 0 Å². The predicted molar refractivity (Wildman–Crippen MR) is 117 cm³/mol. The number of hydrogen-bond acceptors (Lipinski definition) is 8. The smallest absolute Gasteiger partial charge is 0.234 e. The molecule has 11 heteroatoms. The van der Waals surface area contributed by atoms with Crippen LogP contribution in [0.4, 0.5) is 11.4 Å². The molecule has 0 atom stereocenters. The molecule has 0 saturated carbocycles. The van der Waals surface area contributed by atoms with Gasteiger partial charge in [-0.3, -0.25) is 9.59 Å². The van der Waals surface area contributed by atoms with Crippen molar-refractivity contribution in [2.45, 2.75) is 16.2 Å². The number of nitrogens with one attached hydrogen (secondary N) is 2. The average molecular weight is 467 g/mol. The maximum atomic E-state index is 12.7. The molecule has 0 aromatic heterocycles. The van der Waals surface area contributed by atoms with E-state index in [-0.39, 0.29) is 23.0 Å². The predicted octanol–water partition coefficient (Wildman–Crippen LogP) is 2.56. The van der Waals surface area contributed by atoms with Crippen LogP contribution in [-0.4, -0.2) is 53.1 Å². The lowest BCUT2D eigenvalue weighted by molar-refractivity contribution is -0.116. The molecule has 2 amide bonds. The lowest BCUT2D eigenvalue weighted by Crippen LogP contribution is -2.20. The van der Waals surface area contributed by atoms with Crippen LogP contribution in [0.25, 0.3) is 0 Å². The van der Waals surface area contributed by atoms with Crippen LogP contribution >= 0.6 is 11.8 Å². The molecule has 0 aliphatic carbocycles. The van der Waals surface area contributed by atoms with Gasteiger partial charge in [0, 0.05) is 29.1 Å². The number of methoxy groups -OCH3 is 3. The van der Waals surface area contributed by atoms with E-state index in [1.165, 1.54) is 45.2 Å². The van der Waals surface area contributed by atoms with Gasteiger partial charge < -0.3 is 24.8 Å². The second kappa shape index (κ2) is 9.48. The highest BCUT2D eigenvalue weighted by atomic mass is 32.2. The van der Waals surface area contributed by atoms with Gasteiger partial charge in [0.1, 0.15) is 0 Å². The van der Waals surface area contributed by atoms with Crippen molar-refractivity contribution in [1.29, 1.82) is 0 Å². The molecule has 2 aromatic rings. The van der Waals surface area contributed by atoms with Gasteiger partial charge in [-0.25, -0.2) is 8.42 Å². The summed E-state index contributed by atoms with van der Waals surface area (Å²) >= 11 is 1.34. The van der Waals surface area contributed by atoms with Gasteiger partial charge in [0.2, 0.25) is 17.6 Å². The molecular weight excluding hydrogens is 444 g/mol. The zero-order chi connectivity index (χ0) is 22.6. The number of thioether (sulfide) groups is 1. The van der Waals surface area contributed by atoms with Crippen molar-refractivity contribution in [2.75, 3.05) is 43.5 Å². The molecule has 3 rings (SSSR count). The molecule has 1 aliphatic heterocycles. The van der Waals surface area contributed by atoms with Crippen molar-refractivity contribution in [3.63, 3.8) is 0 Å². The Morgan fingerprint density at radius 1 is 1.10 bits per heavy atom. The highest BCUT2D eigenvalue weighted by Crippen LogP contribution is 2.40. The highest BCUT2D eigenvalue weighted by Gasteiger charge is 2.22. The van der Waals surface area contributed by atoms with E-state index >= 15 is 0 Å². The first kappa shape index (κ1) is 22.8. The number of ether oxygens (including phenoxy) is 3. The van der Waals surface area contributed by atoms with E-state index in [1.807, 2.05) is 0 Å². The first-order valence-electron chi connectivity index (χ1n) is 9.16. The fourth-order valence-corrected chi connectivity index (χ4v) is 5.03. The van der Waals surface area contributed by atoms with Crippen molar-refractivity contribution in [2.24, 2.45) is 0 Å². The lowest BCUT2D eigenvalue weighted by atomic mass is 10.2. The summed E-state index contributed by atoms with van der Waals surface area (Å²) in [4.78, 5) is 24.8. The van der Waals surface area contributed by atoms with Crippen LogP contribution < -0.4 is 24.8 Å². The van der Waals surface area contributed by atoms with Gasteiger partial charge in [0.25, 0.3) is 0 Å². The molecule has 1 heterocycles. The topological polar surface area (TPSA) is 120 Å². The van der Waals surface area contributed by atoms with Crippen molar-refractivity contribution in [3.05, 3.63) is 30.3 Å². The number of benzene rings is 2. The molecule has 0 radical (unpaired) electrons. The van der Waals surface area contributed by atoms with Gasteiger partial charge in [-0.1, -0.05) is 0 Å². The Bertz CT molecular complexity index is 1090. The van der Waals surface area contributed by atoms with Crippen LogP contribution in [-0.2, 0) is 19.4 Å². The maximum absolute atomic E-state index is 12.7. The third-order valence-corrected chi connectivity index (χ3v) is 7.28. The minimum absolute atomic E-state index is 0.0506. The van der Waals surface area contributed by atoms with E-state index in [9.17, 15) is 18.0 Å². The molecule has 9 nitrogen and oxygen atoms in total. The lowest BCUT2D eigenvalue weighted by Gasteiger charge is -2.17. The van der Waals surface area contributed by atoms with Crippen LogP contribution in [0.3, 0.4) is 0 Å². The Balaban J connectivity index is 1.69. The van der Waals surface area contributed by atoms with E-state index in [0.29, 0.717) is 34.4 Å². The Hall–Kier alpha value is -2.92. The fraction of sp³-hybridized carbons (Fsp3) is 0.300. The van der Waals surface area contributed by atoms with Crippen molar-refractivity contribution < 1.29 is 32.2 Å². The molecule has 31 heavy (non-hydrogen) atoms. The quantitative estimate of drug-likeness (QED) is 0.609. The van der Waals surface area contributed by atoms with Crippen LogP contribution in [0, 0.1) is 0 Å². The number of rotatable bonds is 8. The monoisotopic (exact) mass is 466 g/mol. The summed E-state index contributed by atoms with van der Waals surface area (Å²) < 4.78 is 41.1. The molecule has 0 saturated heterocycles.